The summed E-state index contributed by atoms with van der Waals surface area (Å²) in [6.07, 6.45) is 11.8. The highest BCUT2D eigenvalue weighted by Crippen LogP contribution is 2.29. The molecule has 0 spiro atoms. The predicted molar refractivity (Wildman–Crippen MR) is 86.4 cm³/mol. The van der Waals surface area contributed by atoms with E-state index in [1.165, 1.54) is 57.8 Å². The van der Waals surface area contributed by atoms with Gasteiger partial charge >= 0.3 is 0 Å². The minimum atomic E-state index is 1.22. The highest BCUT2D eigenvalue weighted by molar-refractivity contribution is 5.38. The van der Waals surface area contributed by atoms with Gasteiger partial charge in [0.25, 0.3) is 0 Å². The van der Waals surface area contributed by atoms with Crippen LogP contribution in [0, 0.1) is 5.92 Å². The molecule has 0 fully saturated rings. The number of unbranched alkanes of at least 4 members (excludes halogenated alkanes) is 3. The summed E-state index contributed by atoms with van der Waals surface area (Å²) < 4.78 is 0. The molecule has 0 aliphatic carbocycles. The van der Waals surface area contributed by atoms with Crippen molar-refractivity contribution < 1.29 is 0 Å². The van der Waals surface area contributed by atoms with Crippen LogP contribution in [0.5, 0.6) is 0 Å². The van der Waals surface area contributed by atoms with Gasteiger partial charge in [-0.3, -0.25) is 0 Å². The SMILES string of the molecule is CCCCCC[C](CCC)c1ccccc1CCC. The van der Waals surface area contributed by atoms with E-state index in [-0.39, 0.29) is 0 Å². The summed E-state index contributed by atoms with van der Waals surface area (Å²) in [5, 5.41) is 0. The fourth-order valence-electron chi connectivity index (χ4n) is 2.81. The Bertz CT molecular complexity index is 327. The molecule has 0 saturated heterocycles. The van der Waals surface area contributed by atoms with Crippen molar-refractivity contribution in [1.82, 2.24) is 0 Å². The first-order chi connectivity index (χ1) is 9.33. The van der Waals surface area contributed by atoms with E-state index in [9.17, 15) is 0 Å². The van der Waals surface area contributed by atoms with Gasteiger partial charge in [-0.1, -0.05) is 83.6 Å². The van der Waals surface area contributed by atoms with E-state index in [0.717, 1.165) is 0 Å². The number of rotatable bonds is 10. The first-order valence-electron chi connectivity index (χ1n) is 8.26. The van der Waals surface area contributed by atoms with Crippen LogP contribution in [0.15, 0.2) is 24.3 Å². The molecular weight excluding hydrogens is 228 g/mol. The molecule has 0 heteroatoms. The fraction of sp³-hybridized carbons (Fsp3) is 0.632. The van der Waals surface area contributed by atoms with Gasteiger partial charge in [-0.2, -0.15) is 0 Å². The van der Waals surface area contributed by atoms with Gasteiger partial charge in [0.05, 0.1) is 0 Å². The molecule has 0 heterocycles. The van der Waals surface area contributed by atoms with Crippen LogP contribution in [-0.4, -0.2) is 0 Å². The lowest BCUT2D eigenvalue weighted by atomic mass is 9.85. The number of aryl methyl sites for hydroxylation is 1. The van der Waals surface area contributed by atoms with Gasteiger partial charge in [-0.15, -0.1) is 0 Å². The average Bonchev–Trinajstić information content (AvgIpc) is 2.43. The van der Waals surface area contributed by atoms with Crippen LogP contribution in [0.3, 0.4) is 0 Å². The second-order valence-corrected chi connectivity index (χ2v) is 5.57. The summed E-state index contributed by atoms with van der Waals surface area (Å²) in [4.78, 5) is 0. The van der Waals surface area contributed by atoms with Crippen LogP contribution in [0.25, 0.3) is 0 Å². The van der Waals surface area contributed by atoms with Crippen molar-refractivity contribution in [2.75, 3.05) is 0 Å². The van der Waals surface area contributed by atoms with Crippen LogP contribution in [-0.2, 0) is 6.42 Å². The van der Waals surface area contributed by atoms with Gasteiger partial charge in [0.1, 0.15) is 0 Å². The molecule has 0 aromatic heterocycles. The zero-order chi connectivity index (χ0) is 13.9. The normalized spacial score (nSPS) is 11.2. The molecule has 0 saturated carbocycles. The third-order valence-corrected chi connectivity index (χ3v) is 3.80. The summed E-state index contributed by atoms with van der Waals surface area (Å²) in [6, 6.07) is 9.06. The average molecular weight is 259 g/mol. The maximum atomic E-state index is 2.34. The van der Waals surface area contributed by atoms with Gasteiger partial charge < -0.3 is 0 Å². The Hall–Kier alpha value is -0.780. The summed E-state index contributed by atoms with van der Waals surface area (Å²) in [7, 11) is 0. The maximum Gasteiger partial charge on any atom is 0.00525 e. The Morgan fingerprint density at radius 2 is 1.58 bits per heavy atom. The van der Waals surface area contributed by atoms with E-state index in [0.29, 0.717) is 0 Å². The van der Waals surface area contributed by atoms with E-state index in [1.807, 2.05) is 0 Å². The van der Waals surface area contributed by atoms with E-state index < -0.39 is 0 Å². The zero-order valence-corrected chi connectivity index (χ0v) is 13.2. The minimum absolute atomic E-state index is 1.22. The Morgan fingerprint density at radius 3 is 2.26 bits per heavy atom. The minimum Gasteiger partial charge on any atom is -0.0654 e. The predicted octanol–water partition coefficient (Wildman–Crippen LogP) is 6.33. The molecule has 0 unspecified atom stereocenters. The first-order valence-corrected chi connectivity index (χ1v) is 8.26. The monoisotopic (exact) mass is 259 g/mol. The summed E-state index contributed by atoms with van der Waals surface area (Å²) >= 11 is 0. The van der Waals surface area contributed by atoms with Crippen molar-refractivity contribution in [3.05, 3.63) is 41.3 Å². The standard InChI is InChI=1S/C19H31/c1-4-7-8-9-14-17(12-5-2)19-16-11-10-15-18(19)13-6-3/h10-11,15-16H,4-9,12-14H2,1-3H3. The van der Waals surface area contributed by atoms with Gasteiger partial charge in [-0.25, -0.2) is 0 Å². The van der Waals surface area contributed by atoms with Crippen molar-refractivity contribution in [1.29, 1.82) is 0 Å². The quantitative estimate of drug-likeness (QED) is 0.430. The van der Waals surface area contributed by atoms with Crippen molar-refractivity contribution in [3.63, 3.8) is 0 Å². The first kappa shape index (κ1) is 16.3. The molecule has 19 heavy (non-hydrogen) atoms. The molecule has 1 rings (SSSR count). The molecule has 0 amide bonds. The highest BCUT2D eigenvalue weighted by atomic mass is 14.2. The lowest BCUT2D eigenvalue weighted by Crippen LogP contribution is -2.04. The second-order valence-electron chi connectivity index (χ2n) is 5.57. The van der Waals surface area contributed by atoms with Crippen LogP contribution < -0.4 is 0 Å². The topological polar surface area (TPSA) is 0 Å². The highest BCUT2D eigenvalue weighted by Gasteiger charge is 2.14. The molecule has 1 aromatic carbocycles. The van der Waals surface area contributed by atoms with Crippen molar-refractivity contribution >= 4 is 0 Å². The van der Waals surface area contributed by atoms with E-state index in [2.05, 4.69) is 45.0 Å². The largest absolute Gasteiger partial charge is 0.0654 e. The Morgan fingerprint density at radius 1 is 0.789 bits per heavy atom. The van der Waals surface area contributed by atoms with Crippen LogP contribution >= 0.6 is 0 Å². The molecule has 107 valence electrons. The van der Waals surface area contributed by atoms with Crippen molar-refractivity contribution in [2.45, 2.75) is 78.6 Å². The molecule has 0 bridgehead atoms. The Kier molecular flexibility index (Phi) is 8.62. The third kappa shape index (κ3) is 5.80. The molecule has 0 nitrogen and oxygen atoms in total. The lowest BCUT2D eigenvalue weighted by molar-refractivity contribution is 0.620. The molecular formula is C19H31. The van der Waals surface area contributed by atoms with Gasteiger partial charge in [0.15, 0.2) is 0 Å². The van der Waals surface area contributed by atoms with E-state index in [1.54, 1.807) is 17.0 Å². The second kappa shape index (κ2) is 10.1. The zero-order valence-electron chi connectivity index (χ0n) is 13.2. The molecule has 0 aliphatic rings. The van der Waals surface area contributed by atoms with Crippen molar-refractivity contribution in [3.8, 4) is 0 Å². The van der Waals surface area contributed by atoms with Crippen molar-refractivity contribution in [2.24, 2.45) is 0 Å². The summed E-state index contributed by atoms with van der Waals surface area (Å²) in [6.45, 7) is 6.86. The molecule has 0 aliphatic heterocycles. The van der Waals surface area contributed by atoms with Gasteiger partial charge in [0, 0.05) is 5.92 Å². The third-order valence-electron chi connectivity index (χ3n) is 3.80. The number of hydrogen-bond acceptors (Lipinski definition) is 0. The van der Waals surface area contributed by atoms with Gasteiger partial charge in [-0.05, 0) is 30.4 Å². The number of hydrogen-bond donors (Lipinski definition) is 0. The molecule has 0 N–H and O–H groups in total. The van der Waals surface area contributed by atoms with Crippen LogP contribution in [0.4, 0.5) is 0 Å². The smallest absolute Gasteiger partial charge is 0.00525 e. The summed E-state index contributed by atoms with van der Waals surface area (Å²) in [5.74, 6) is 1.70. The Balaban J connectivity index is 2.68. The van der Waals surface area contributed by atoms with Crippen LogP contribution in [0.2, 0.25) is 0 Å². The van der Waals surface area contributed by atoms with E-state index >= 15 is 0 Å². The summed E-state index contributed by atoms with van der Waals surface area (Å²) in [5.41, 5.74) is 3.12. The maximum absolute atomic E-state index is 2.34. The number of benzene rings is 1. The van der Waals surface area contributed by atoms with E-state index in [4.69, 9.17) is 0 Å². The molecule has 1 radical (unpaired) electrons. The van der Waals surface area contributed by atoms with Gasteiger partial charge in [0.2, 0.25) is 0 Å². The molecule has 1 aromatic rings. The Labute approximate surface area is 120 Å². The molecule has 0 atom stereocenters. The van der Waals surface area contributed by atoms with Crippen LogP contribution in [0.1, 0.15) is 83.3 Å². The fourth-order valence-corrected chi connectivity index (χ4v) is 2.81. The lowest BCUT2D eigenvalue weighted by Gasteiger charge is -2.19.